The maximum Gasteiger partial charge on any atom is 0.240 e. The molecule has 0 aliphatic heterocycles. The van der Waals surface area contributed by atoms with E-state index in [1.54, 1.807) is 24.3 Å². The second-order valence-corrected chi connectivity index (χ2v) is 8.00. The van der Waals surface area contributed by atoms with Crippen LogP contribution < -0.4 is 5.32 Å². The predicted molar refractivity (Wildman–Crippen MR) is 122 cm³/mol. The first-order chi connectivity index (χ1) is 14.3. The molecule has 0 bridgehead atoms. The molecule has 0 fully saturated rings. The zero-order valence-electron chi connectivity index (χ0n) is 18.4. The number of isocyanates is 1. The monoisotopic (exact) mass is 400 g/mol. The van der Waals surface area contributed by atoms with Crippen LogP contribution >= 0.6 is 0 Å². The van der Waals surface area contributed by atoms with E-state index in [-0.39, 0.29) is 5.91 Å². The molecule has 0 spiro atoms. The molecule has 0 atom stereocenters. The van der Waals surface area contributed by atoms with Crippen LogP contribution in [0.3, 0.4) is 0 Å². The summed E-state index contributed by atoms with van der Waals surface area (Å²) in [6.07, 6.45) is 21.9. The summed E-state index contributed by atoms with van der Waals surface area (Å²) in [5, 5.41) is 2.86. The van der Waals surface area contributed by atoms with E-state index in [4.69, 9.17) is 0 Å². The Kier molecular flexibility index (Phi) is 15.7. The molecule has 162 valence electrons. The molecule has 0 heterocycles. The van der Waals surface area contributed by atoms with Gasteiger partial charge in [0.05, 0.1) is 5.69 Å². The van der Waals surface area contributed by atoms with E-state index in [1.165, 1.54) is 89.6 Å². The minimum Gasteiger partial charge on any atom is -0.326 e. The number of rotatable bonds is 18. The topological polar surface area (TPSA) is 58.5 Å². The van der Waals surface area contributed by atoms with Gasteiger partial charge in [0.1, 0.15) is 0 Å². The lowest BCUT2D eigenvalue weighted by molar-refractivity contribution is -0.116. The molecule has 1 amide bonds. The first kappa shape index (κ1) is 25.1. The number of aliphatic imine (C=N–C) groups is 1. The lowest BCUT2D eigenvalue weighted by Crippen LogP contribution is -2.10. The average molecular weight is 401 g/mol. The molecule has 0 saturated carbocycles. The highest BCUT2D eigenvalue weighted by Crippen LogP contribution is 2.18. The van der Waals surface area contributed by atoms with E-state index in [9.17, 15) is 9.59 Å². The van der Waals surface area contributed by atoms with Gasteiger partial charge >= 0.3 is 0 Å². The van der Waals surface area contributed by atoms with E-state index < -0.39 is 0 Å². The average Bonchev–Trinajstić information content (AvgIpc) is 2.71. The number of benzene rings is 1. The van der Waals surface area contributed by atoms with Crippen molar-refractivity contribution in [2.45, 2.75) is 110 Å². The third-order valence-corrected chi connectivity index (χ3v) is 5.31. The fraction of sp³-hybridized carbons (Fsp3) is 0.680. The SMILES string of the molecule is CCCCCCCCCCCCCCCCCC(=O)Nc1cccc(N=C=O)c1. The maximum atomic E-state index is 12.0. The summed E-state index contributed by atoms with van der Waals surface area (Å²) >= 11 is 0. The number of nitrogens with zero attached hydrogens (tertiary/aromatic N) is 1. The zero-order chi connectivity index (χ0) is 21.0. The number of nitrogens with one attached hydrogen (secondary N) is 1. The second-order valence-electron chi connectivity index (χ2n) is 8.00. The van der Waals surface area contributed by atoms with Gasteiger partial charge in [-0.15, -0.1) is 0 Å². The summed E-state index contributed by atoms with van der Waals surface area (Å²) in [7, 11) is 0. The van der Waals surface area contributed by atoms with Gasteiger partial charge in [-0.2, -0.15) is 4.99 Å². The normalized spacial score (nSPS) is 10.5. The number of anilines is 1. The van der Waals surface area contributed by atoms with Crippen molar-refractivity contribution in [3.63, 3.8) is 0 Å². The molecule has 1 rings (SSSR count). The molecule has 0 aliphatic rings. The lowest BCUT2D eigenvalue weighted by Gasteiger charge is -2.06. The molecule has 1 aromatic carbocycles. The molecule has 1 N–H and O–H groups in total. The number of carbonyl (C=O) groups excluding carboxylic acids is 2. The smallest absolute Gasteiger partial charge is 0.240 e. The molecule has 4 nitrogen and oxygen atoms in total. The molecule has 0 aliphatic carbocycles. The van der Waals surface area contributed by atoms with E-state index in [0.29, 0.717) is 17.8 Å². The van der Waals surface area contributed by atoms with Crippen LogP contribution in [0.15, 0.2) is 29.3 Å². The van der Waals surface area contributed by atoms with Gasteiger partial charge in [0, 0.05) is 12.1 Å². The van der Waals surface area contributed by atoms with Crippen LogP contribution in [0.2, 0.25) is 0 Å². The van der Waals surface area contributed by atoms with Gasteiger partial charge in [0.2, 0.25) is 12.0 Å². The van der Waals surface area contributed by atoms with E-state index in [1.807, 2.05) is 0 Å². The van der Waals surface area contributed by atoms with Gasteiger partial charge in [-0.05, 0) is 24.6 Å². The molecule has 0 radical (unpaired) electrons. The molecule has 0 unspecified atom stereocenters. The van der Waals surface area contributed by atoms with Gasteiger partial charge in [0.25, 0.3) is 0 Å². The highest BCUT2D eigenvalue weighted by Gasteiger charge is 2.03. The molecule has 1 aromatic rings. The molecule has 29 heavy (non-hydrogen) atoms. The second kappa shape index (κ2) is 18.1. The van der Waals surface area contributed by atoms with Crippen molar-refractivity contribution in [1.29, 1.82) is 0 Å². The minimum atomic E-state index is 0.0203. The van der Waals surface area contributed by atoms with Crippen molar-refractivity contribution in [2.75, 3.05) is 5.32 Å². The van der Waals surface area contributed by atoms with Gasteiger partial charge in [-0.1, -0.05) is 103 Å². The van der Waals surface area contributed by atoms with Crippen molar-refractivity contribution in [2.24, 2.45) is 4.99 Å². The lowest BCUT2D eigenvalue weighted by atomic mass is 10.0. The Morgan fingerprint density at radius 2 is 1.34 bits per heavy atom. The van der Waals surface area contributed by atoms with Crippen LogP contribution in [0.25, 0.3) is 0 Å². The molecule has 0 aromatic heterocycles. The Labute approximate surface area is 177 Å². The van der Waals surface area contributed by atoms with Gasteiger partial charge < -0.3 is 5.32 Å². The van der Waals surface area contributed by atoms with Gasteiger partial charge in [-0.3, -0.25) is 4.79 Å². The molecular formula is C25H40N2O2. The summed E-state index contributed by atoms with van der Waals surface area (Å²) in [6.45, 7) is 2.27. The summed E-state index contributed by atoms with van der Waals surface area (Å²) < 4.78 is 0. The minimum absolute atomic E-state index is 0.0203. The number of unbranched alkanes of at least 4 members (excludes halogenated alkanes) is 14. The Bertz CT molecular complexity index is 594. The van der Waals surface area contributed by atoms with Gasteiger partial charge in [0.15, 0.2) is 0 Å². The third kappa shape index (κ3) is 14.7. The maximum absolute atomic E-state index is 12.0. The van der Waals surface area contributed by atoms with Crippen molar-refractivity contribution in [3.8, 4) is 0 Å². The largest absolute Gasteiger partial charge is 0.326 e. The van der Waals surface area contributed by atoms with Crippen LogP contribution in [0.1, 0.15) is 110 Å². The molecular weight excluding hydrogens is 360 g/mol. The van der Waals surface area contributed by atoms with Crippen molar-refractivity contribution >= 4 is 23.4 Å². The first-order valence-corrected chi connectivity index (χ1v) is 11.7. The van der Waals surface area contributed by atoms with E-state index in [0.717, 1.165) is 12.8 Å². The van der Waals surface area contributed by atoms with Crippen LogP contribution in [-0.4, -0.2) is 12.0 Å². The summed E-state index contributed by atoms with van der Waals surface area (Å²) in [5.41, 5.74) is 1.18. The zero-order valence-corrected chi connectivity index (χ0v) is 18.4. The Hall–Kier alpha value is -1.93. The Balaban J connectivity index is 1.90. The van der Waals surface area contributed by atoms with Crippen molar-refractivity contribution in [3.05, 3.63) is 24.3 Å². The van der Waals surface area contributed by atoms with E-state index in [2.05, 4.69) is 17.2 Å². The summed E-state index contributed by atoms with van der Waals surface area (Å²) in [5.74, 6) is 0.0203. The van der Waals surface area contributed by atoms with Crippen LogP contribution in [0.4, 0.5) is 11.4 Å². The number of hydrogen-bond acceptors (Lipinski definition) is 3. The third-order valence-electron chi connectivity index (χ3n) is 5.31. The Morgan fingerprint density at radius 1 is 0.828 bits per heavy atom. The Morgan fingerprint density at radius 3 is 1.86 bits per heavy atom. The molecule has 0 saturated heterocycles. The quantitative estimate of drug-likeness (QED) is 0.155. The predicted octanol–water partition coefficient (Wildman–Crippen LogP) is 7.85. The van der Waals surface area contributed by atoms with E-state index >= 15 is 0 Å². The standard InChI is InChI=1S/C25H40N2O2/c1-2-3-4-5-6-7-8-9-10-11-12-13-14-15-16-20-25(29)27-24-19-17-18-23(21-24)26-22-28/h17-19,21H,2-16,20H2,1H3,(H,27,29). The number of hydrogen-bond donors (Lipinski definition) is 1. The van der Waals surface area contributed by atoms with Gasteiger partial charge in [-0.25, -0.2) is 4.79 Å². The highest BCUT2D eigenvalue weighted by atomic mass is 16.1. The van der Waals surface area contributed by atoms with Crippen molar-refractivity contribution in [1.82, 2.24) is 0 Å². The van der Waals surface area contributed by atoms with Crippen LogP contribution in [-0.2, 0) is 9.59 Å². The highest BCUT2D eigenvalue weighted by molar-refractivity contribution is 5.91. The summed E-state index contributed by atoms with van der Waals surface area (Å²) in [6, 6.07) is 6.94. The number of amides is 1. The fourth-order valence-electron chi connectivity index (χ4n) is 3.59. The first-order valence-electron chi connectivity index (χ1n) is 11.7. The number of carbonyl (C=O) groups is 1. The molecule has 4 heteroatoms. The summed E-state index contributed by atoms with van der Waals surface area (Å²) in [4.78, 5) is 25.9. The fourth-order valence-corrected chi connectivity index (χ4v) is 3.59. The van der Waals surface area contributed by atoms with Crippen LogP contribution in [0.5, 0.6) is 0 Å². The van der Waals surface area contributed by atoms with Crippen molar-refractivity contribution < 1.29 is 9.59 Å². The van der Waals surface area contributed by atoms with Crippen LogP contribution in [0, 0.1) is 0 Å².